The highest BCUT2D eigenvalue weighted by Gasteiger charge is 2.39. The molecular formula is C15H14N2O4. The molecule has 6 heteroatoms. The summed E-state index contributed by atoms with van der Waals surface area (Å²) >= 11 is 0. The van der Waals surface area contributed by atoms with E-state index < -0.39 is 24.0 Å². The van der Waals surface area contributed by atoms with Crippen LogP contribution < -0.4 is 0 Å². The molecule has 1 aromatic heterocycles. The van der Waals surface area contributed by atoms with Gasteiger partial charge in [0.1, 0.15) is 6.04 Å². The lowest BCUT2D eigenvalue weighted by molar-refractivity contribution is -0.141. The zero-order valence-electron chi connectivity index (χ0n) is 11.1. The molecule has 1 aliphatic heterocycles. The highest BCUT2D eigenvalue weighted by molar-refractivity contribution is 6.06. The Bertz CT molecular complexity index is 710. The first kappa shape index (κ1) is 13.5. The van der Waals surface area contributed by atoms with Gasteiger partial charge in [-0.3, -0.25) is 9.78 Å². The predicted octanol–water partition coefficient (Wildman–Crippen LogP) is 0.895. The Balaban J connectivity index is 2.02. The molecule has 2 aromatic rings. The number of aliphatic hydroxyl groups excluding tert-OH is 1. The van der Waals surface area contributed by atoms with Crippen LogP contribution in [0.3, 0.4) is 0 Å². The standard InChI is InChI=1S/C15H14N2O4/c18-10-7-12(15(20)21)17(8-10)14(19)11-5-1-3-9-4-2-6-16-13(9)11/h1-6,10,12,18H,7-8H2,(H,20,21)/t10-,12+/m1/s1. The van der Waals surface area contributed by atoms with Crippen LogP contribution in [-0.2, 0) is 4.79 Å². The second kappa shape index (κ2) is 5.14. The van der Waals surface area contributed by atoms with Crippen molar-refractivity contribution < 1.29 is 19.8 Å². The molecule has 108 valence electrons. The van der Waals surface area contributed by atoms with E-state index in [1.807, 2.05) is 12.1 Å². The Labute approximate surface area is 120 Å². The largest absolute Gasteiger partial charge is 0.480 e. The summed E-state index contributed by atoms with van der Waals surface area (Å²) in [5.74, 6) is -1.52. The van der Waals surface area contributed by atoms with Crippen molar-refractivity contribution in [3.05, 3.63) is 42.1 Å². The number of pyridine rings is 1. The molecule has 1 aliphatic rings. The number of aliphatic carboxylic acids is 1. The number of aliphatic hydroxyl groups is 1. The number of aromatic nitrogens is 1. The fourth-order valence-electron chi connectivity index (χ4n) is 2.70. The minimum Gasteiger partial charge on any atom is -0.480 e. The smallest absolute Gasteiger partial charge is 0.326 e. The van der Waals surface area contributed by atoms with Gasteiger partial charge in [-0.25, -0.2) is 4.79 Å². The Morgan fingerprint density at radius 1 is 1.24 bits per heavy atom. The van der Waals surface area contributed by atoms with Crippen LogP contribution in [-0.4, -0.2) is 50.7 Å². The van der Waals surface area contributed by atoms with Crippen molar-refractivity contribution in [1.82, 2.24) is 9.88 Å². The molecule has 6 nitrogen and oxygen atoms in total. The molecule has 0 spiro atoms. The summed E-state index contributed by atoms with van der Waals surface area (Å²) in [6.07, 6.45) is 0.837. The van der Waals surface area contributed by atoms with E-state index in [1.165, 1.54) is 4.90 Å². The van der Waals surface area contributed by atoms with Gasteiger partial charge in [-0.2, -0.15) is 0 Å². The number of amides is 1. The van der Waals surface area contributed by atoms with Gasteiger partial charge < -0.3 is 15.1 Å². The lowest BCUT2D eigenvalue weighted by atomic mass is 10.1. The number of para-hydroxylation sites is 1. The summed E-state index contributed by atoms with van der Waals surface area (Å²) in [6.45, 7) is 0.0268. The van der Waals surface area contributed by atoms with E-state index in [0.29, 0.717) is 11.1 Å². The number of β-amino-alcohol motifs (C(OH)–C–C–N with tert-alkyl or cyclic N) is 1. The quantitative estimate of drug-likeness (QED) is 0.855. The van der Waals surface area contributed by atoms with E-state index in [0.717, 1.165) is 5.39 Å². The number of carbonyl (C=O) groups is 2. The normalized spacial score (nSPS) is 21.7. The molecule has 0 unspecified atom stereocenters. The van der Waals surface area contributed by atoms with E-state index in [1.54, 1.807) is 24.4 Å². The zero-order chi connectivity index (χ0) is 15.0. The molecule has 21 heavy (non-hydrogen) atoms. The fourth-order valence-corrected chi connectivity index (χ4v) is 2.70. The van der Waals surface area contributed by atoms with Crippen LogP contribution >= 0.6 is 0 Å². The molecule has 3 rings (SSSR count). The number of carboxylic acids is 1. The first-order valence-corrected chi connectivity index (χ1v) is 6.63. The van der Waals surface area contributed by atoms with Gasteiger partial charge in [0, 0.05) is 24.5 Å². The topological polar surface area (TPSA) is 90.7 Å². The van der Waals surface area contributed by atoms with Gasteiger partial charge in [-0.15, -0.1) is 0 Å². The summed E-state index contributed by atoms with van der Waals surface area (Å²) in [7, 11) is 0. The van der Waals surface area contributed by atoms with Crippen molar-refractivity contribution in [2.24, 2.45) is 0 Å². The number of benzene rings is 1. The minimum absolute atomic E-state index is 0.0268. The third-order valence-corrected chi connectivity index (χ3v) is 3.69. The maximum atomic E-state index is 12.6. The SMILES string of the molecule is O=C(O)[C@@H]1C[C@@H](O)CN1C(=O)c1cccc2cccnc12. The first-order valence-electron chi connectivity index (χ1n) is 6.63. The third-order valence-electron chi connectivity index (χ3n) is 3.69. The van der Waals surface area contributed by atoms with Crippen LogP contribution in [0.1, 0.15) is 16.8 Å². The van der Waals surface area contributed by atoms with Crippen molar-refractivity contribution in [3.8, 4) is 0 Å². The number of nitrogens with zero attached hydrogens (tertiary/aromatic N) is 2. The highest BCUT2D eigenvalue weighted by atomic mass is 16.4. The molecule has 2 heterocycles. The molecule has 1 amide bonds. The fraction of sp³-hybridized carbons (Fsp3) is 0.267. The van der Waals surface area contributed by atoms with Gasteiger partial charge in [0.2, 0.25) is 0 Å². The van der Waals surface area contributed by atoms with Crippen molar-refractivity contribution in [1.29, 1.82) is 0 Å². The predicted molar refractivity (Wildman–Crippen MR) is 74.8 cm³/mol. The Kier molecular flexibility index (Phi) is 3.31. The monoisotopic (exact) mass is 286 g/mol. The number of carboxylic acid groups (broad SMARTS) is 1. The summed E-state index contributed by atoms with van der Waals surface area (Å²) in [5, 5.41) is 19.7. The van der Waals surface area contributed by atoms with Gasteiger partial charge in [0.05, 0.1) is 17.2 Å². The number of hydrogen-bond acceptors (Lipinski definition) is 4. The molecule has 1 saturated heterocycles. The van der Waals surface area contributed by atoms with E-state index in [2.05, 4.69) is 4.98 Å². The third kappa shape index (κ3) is 2.34. The number of hydrogen-bond donors (Lipinski definition) is 2. The highest BCUT2D eigenvalue weighted by Crippen LogP contribution is 2.24. The van der Waals surface area contributed by atoms with Crippen LogP contribution in [0.5, 0.6) is 0 Å². The molecule has 2 N–H and O–H groups in total. The van der Waals surface area contributed by atoms with Gasteiger partial charge in [0.25, 0.3) is 5.91 Å². The maximum absolute atomic E-state index is 12.6. The Hall–Kier alpha value is -2.47. The molecular weight excluding hydrogens is 272 g/mol. The number of carbonyl (C=O) groups excluding carboxylic acids is 1. The van der Waals surface area contributed by atoms with Crippen molar-refractivity contribution in [3.63, 3.8) is 0 Å². The molecule has 0 radical (unpaired) electrons. The summed E-state index contributed by atoms with van der Waals surface area (Å²) in [5.41, 5.74) is 0.893. The summed E-state index contributed by atoms with van der Waals surface area (Å²) in [6, 6.07) is 7.82. The Morgan fingerprint density at radius 3 is 2.76 bits per heavy atom. The first-order chi connectivity index (χ1) is 10.1. The van der Waals surface area contributed by atoms with Crippen molar-refractivity contribution >= 4 is 22.8 Å². The van der Waals surface area contributed by atoms with Crippen LogP contribution in [0.2, 0.25) is 0 Å². The second-order valence-electron chi connectivity index (χ2n) is 5.08. The van der Waals surface area contributed by atoms with E-state index >= 15 is 0 Å². The maximum Gasteiger partial charge on any atom is 0.326 e. The average Bonchev–Trinajstić information content (AvgIpc) is 2.88. The van der Waals surface area contributed by atoms with E-state index in [-0.39, 0.29) is 13.0 Å². The number of likely N-dealkylation sites (tertiary alicyclic amines) is 1. The average molecular weight is 286 g/mol. The Morgan fingerprint density at radius 2 is 2.00 bits per heavy atom. The van der Waals surface area contributed by atoms with Crippen LogP contribution in [0.15, 0.2) is 36.5 Å². The van der Waals surface area contributed by atoms with Gasteiger partial charge in [-0.05, 0) is 12.1 Å². The minimum atomic E-state index is -1.10. The zero-order valence-corrected chi connectivity index (χ0v) is 11.1. The van der Waals surface area contributed by atoms with Crippen LogP contribution in [0.25, 0.3) is 10.9 Å². The van der Waals surface area contributed by atoms with E-state index in [4.69, 9.17) is 0 Å². The second-order valence-corrected chi connectivity index (χ2v) is 5.08. The lowest BCUT2D eigenvalue weighted by Gasteiger charge is -2.21. The van der Waals surface area contributed by atoms with Crippen LogP contribution in [0, 0.1) is 0 Å². The molecule has 0 saturated carbocycles. The summed E-state index contributed by atoms with van der Waals surface area (Å²) in [4.78, 5) is 29.3. The molecule has 2 atom stereocenters. The number of fused-ring (bicyclic) bond motifs is 1. The van der Waals surface area contributed by atoms with Crippen LogP contribution in [0.4, 0.5) is 0 Å². The van der Waals surface area contributed by atoms with Gasteiger partial charge >= 0.3 is 5.97 Å². The number of rotatable bonds is 2. The lowest BCUT2D eigenvalue weighted by Crippen LogP contribution is -2.40. The molecule has 0 bridgehead atoms. The van der Waals surface area contributed by atoms with Gasteiger partial charge in [-0.1, -0.05) is 18.2 Å². The van der Waals surface area contributed by atoms with Gasteiger partial charge in [0.15, 0.2) is 0 Å². The molecule has 1 fully saturated rings. The molecule has 1 aromatic carbocycles. The summed E-state index contributed by atoms with van der Waals surface area (Å²) < 4.78 is 0. The molecule has 0 aliphatic carbocycles. The van der Waals surface area contributed by atoms with E-state index in [9.17, 15) is 19.8 Å². The van der Waals surface area contributed by atoms with Crippen molar-refractivity contribution in [2.45, 2.75) is 18.6 Å². The van der Waals surface area contributed by atoms with Crippen molar-refractivity contribution in [2.75, 3.05) is 6.54 Å².